The third-order valence-corrected chi connectivity index (χ3v) is 3.21. The largest absolute Gasteiger partial charge is 0.397 e. The first-order valence-electron chi connectivity index (χ1n) is 6.03. The molecular formula is C13H19N3O2. The van der Waals surface area contributed by atoms with Crippen LogP contribution in [0.4, 0.5) is 11.4 Å². The van der Waals surface area contributed by atoms with E-state index >= 15 is 0 Å². The number of aliphatic hydroxyl groups excluding tert-OH is 1. The van der Waals surface area contributed by atoms with Crippen molar-refractivity contribution in [3.8, 4) is 0 Å². The summed E-state index contributed by atoms with van der Waals surface area (Å²) in [4.78, 5) is 15.7. The van der Waals surface area contributed by atoms with Crippen LogP contribution < -0.4 is 10.6 Å². The van der Waals surface area contributed by atoms with Gasteiger partial charge in [0.1, 0.15) is 0 Å². The van der Waals surface area contributed by atoms with Crippen molar-refractivity contribution in [2.24, 2.45) is 0 Å². The summed E-state index contributed by atoms with van der Waals surface area (Å²) < 4.78 is 0. The van der Waals surface area contributed by atoms with Gasteiger partial charge in [-0.15, -0.1) is 0 Å². The number of β-amino-alcohol motifs (C(OH)–C–C–N with tert-alkyl or cyclic N) is 1. The molecule has 1 heterocycles. The van der Waals surface area contributed by atoms with E-state index in [4.69, 9.17) is 5.73 Å². The van der Waals surface area contributed by atoms with E-state index in [1.54, 1.807) is 17.0 Å². The number of rotatable bonds is 2. The Balaban J connectivity index is 2.19. The number of aliphatic hydroxyl groups is 1. The van der Waals surface area contributed by atoms with Gasteiger partial charge in [-0.05, 0) is 24.6 Å². The van der Waals surface area contributed by atoms with Gasteiger partial charge >= 0.3 is 0 Å². The minimum Gasteiger partial charge on any atom is -0.397 e. The molecule has 1 aromatic rings. The van der Waals surface area contributed by atoms with Gasteiger partial charge < -0.3 is 20.6 Å². The molecule has 1 aliphatic rings. The van der Waals surface area contributed by atoms with Gasteiger partial charge in [0.2, 0.25) is 0 Å². The van der Waals surface area contributed by atoms with Crippen molar-refractivity contribution in [2.45, 2.75) is 12.5 Å². The van der Waals surface area contributed by atoms with Crippen molar-refractivity contribution in [1.29, 1.82) is 0 Å². The summed E-state index contributed by atoms with van der Waals surface area (Å²) in [5.41, 5.74) is 7.99. The number of nitrogens with zero attached hydrogens (tertiary/aromatic N) is 2. The van der Waals surface area contributed by atoms with Crippen LogP contribution in [0, 0.1) is 0 Å². The lowest BCUT2D eigenvalue weighted by molar-refractivity contribution is 0.0765. The van der Waals surface area contributed by atoms with Gasteiger partial charge in [0, 0.05) is 32.7 Å². The molecule has 1 unspecified atom stereocenters. The molecule has 98 valence electrons. The van der Waals surface area contributed by atoms with Gasteiger partial charge in [-0.3, -0.25) is 4.79 Å². The molecule has 2 rings (SSSR count). The summed E-state index contributed by atoms with van der Waals surface area (Å²) >= 11 is 0. The predicted octanol–water partition coefficient (Wildman–Crippen LogP) is 0.542. The fourth-order valence-corrected chi connectivity index (χ4v) is 2.20. The van der Waals surface area contributed by atoms with E-state index in [1.807, 2.05) is 25.1 Å². The lowest BCUT2D eigenvalue weighted by Gasteiger charge is -2.18. The van der Waals surface area contributed by atoms with Crippen LogP contribution in [0.15, 0.2) is 18.2 Å². The second-order valence-corrected chi connectivity index (χ2v) is 4.86. The highest BCUT2D eigenvalue weighted by molar-refractivity contribution is 5.96. The molecule has 3 N–H and O–H groups in total. The van der Waals surface area contributed by atoms with E-state index in [0.29, 0.717) is 30.8 Å². The maximum atomic E-state index is 12.2. The number of carbonyl (C=O) groups is 1. The van der Waals surface area contributed by atoms with Crippen molar-refractivity contribution in [1.82, 2.24) is 4.90 Å². The molecule has 1 amide bonds. The molecule has 1 fully saturated rings. The van der Waals surface area contributed by atoms with Crippen LogP contribution in [0.5, 0.6) is 0 Å². The number of carbonyl (C=O) groups excluding carboxylic acids is 1. The molecule has 0 radical (unpaired) electrons. The number of nitrogens with two attached hydrogens (primary N) is 1. The zero-order valence-electron chi connectivity index (χ0n) is 10.8. The van der Waals surface area contributed by atoms with Crippen LogP contribution >= 0.6 is 0 Å². The van der Waals surface area contributed by atoms with Gasteiger partial charge in [-0.2, -0.15) is 0 Å². The SMILES string of the molecule is CN(C)c1ccc(C(=O)N2CCC(O)C2)cc1N. The van der Waals surface area contributed by atoms with Gasteiger partial charge in [-0.25, -0.2) is 0 Å². The Labute approximate surface area is 107 Å². The van der Waals surface area contributed by atoms with Crippen LogP contribution in [0.25, 0.3) is 0 Å². The average molecular weight is 249 g/mol. The van der Waals surface area contributed by atoms with Crippen LogP contribution in [-0.4, -0.2) is 49.2 Å². The lowest BCUT2D eigenvalue weighted by atomic mass is 10.1. The van der Waals surface area contributed by atoms with E-state index < -0.39 is 6.10 Å². The second kappa shape index (κ2) is 4.86. The van der Waals surface area contributed by atoms with Crippen molar-refractivity contribution >= 4 is 17.3 Å². The molecule has 0 bridgehead atoms. The Kier molecular flexibility index (Phi) is 3.43. The molecule has 1 saturated heterocycles. The Morgan fingerprint density at radius 1 is 1.50 bits per heavy atom. The molecule has 5 heteroatoms. The number of anilines is 2. The lowest BCUT2D eigenvalue weighted by Crippen LogP contribution is -2.29. The highest BCUT2D eigenvalue weighted by Gasteiger charge is 2.25. The van der Waals surface area contributed by atoms with Crippen molar-refractivity contribution in [3.63, 3.8) is 0 Å². The molecule has 0 spiro atoms. The van der Waals surface area contributed by atoms with E-state index in [1.165, 1.54) is 0 Å². The Morgan fingerprint density at radius 2 is 2.22 bits per heavy atom. The monoisotopic (exact) mass is 249 g/mol. The maximum Gasteiger partial charge on any atom is 0.254 e. The minimum absolute atomic E-state index is 0.0662. The summed E-state index contributed by atoms with van der Waals surface area (Å²) in [5, 5.41) is 9.44. The zero-order valence-corrected chi connectivity index (χ0v) is 10.8. The summed E-state index contributed by atoms with van der Waals surface area (Å²) in [5.74, 6) is -0.0662. The molecule has 1 atom stereocenters. The summed E-state index contributed by atoms with van der Waals surface area (Å²) in [6.07, 6.45) is 0.254. The van der Waals surface area contributed by atoms with Gasteiger partial charge in [0.05, 0.1) is 17.5 Å². The molecule has 0 saturated carbocycles. The van der Waals surface area contributed by atoms with Crippen LogP contribution in [0.1, 0.15) is 16.8 Å². The van der Waals surface area contributed by atoms with Crippen molar-refractivity contribution in [3.05, 3.63) is 23.8 Å². The highest BCUT2D eigenvalue weighted by Crippen LogP contribution is 2.23. The van der Waals surface area contributed by atoms with E-state index in [-0.39, 0.29) is 5.91 Å². The van der Waals surface area contributed by atoms with Gasteiger partial charge in [0.25, 0.3) is 5.91 Å². The van der Waals surface area contributed by atoms with Crippen LogP contribution in [0.2, 0.25) is 0 Å². The van der Waals surface area contributed by atoms with Crippen LogP contribution in [0.3, 0.4) is 0 Å². The molecule has 0 aliphatic carbocycles. The standard InChI is InChI=1S/C13H19N3O2/c1-15(2)12-4-3-9(7-11(12)14)13(18)16-6-5-10(17)8-16/h3-4,7,10,17H,5-6,8,14H2,1-2H3. The third kappa shape index (κ3) is 2.41. The fraction of sp³-hybridized carbons (Fsp3) is 0.462. The maximum absolute atomic E-state index is 12.2. The topological polar surface area (TPSA) is 69.8 Å². The summed E-state index contributed by atoms with van der Waals surface area (Å²) in [6.45, 7) is 1.02. The third-order valence-electron chi connectivity index (χ3n) is 3.21. The van der Waals surface area contributed by atoms with Crippen LogP contribution in [-0.2, 0) is 0 Å². The quantitative estimate of drug-likeness (QED) is 0.751. The first-order chi connectivity index (χ1) is 8.49. The average Bonchev–Trinajstić information content (AvgIpc) is 2.74. The van der Waals surface area contributed by atoms with E-state index in [9.17, 15) is 9.90 Å². The first kappa shape index (κ1) is 12.7. The molecule has 18 heavy (non-hydrogen) atoms. The summed E-state index contributed by atoms with van der Waals surface area (Å²) in [6, 6.07) is 5.32. The number of benzene rings is 1. The van der Waals surface area contributed by atoms with E-state index in [0.717, 1.165) is 5.69 Å². The highest BCUT2D eigenvalue weighted by atomic mass is 16.3. The minimum atomic E-state index is -0.396. The normalized spacial score (nSPS) is 19.1. The number of hydrogen-bond donors (Lipinski definition) is 2. The number of likely N-dealkylation sites (tertiary alicyclic amines) is 1. The molecule has 5 nitrogen and oxygen atoms in total. The Bertz CT molecular complexity index is 460. The Hall–Kier alpha value is -1.75. The molecule has 0 aromatic heterocycles. The van der Waals surface area contributed by atoms with Gasteiger partial charge in [-0.1, -0.05) is 0 Å². The van der Waals surface area contributed by atoms with Crippen molar-refractivity contribution in [2.75, 3.05) is 37.8 Å². The summed E-state index contributed by atoms with van der Waals surface area (Å²) in [7, 11) is 3.81. The number of hydrogen-bond acceptors (Lipinski definition) is 4. The predicted molar refractivity (Wildman–Crippen MR) is 71.7 cm³/mol. The molecular weight excluding hydrogens is 230 g/mol. The van der Waals surface area contributed by atoms with Crippen molar-refractivity contribution < 1.29 is 9.90 Å². The van der Waals surface area contributed by atoms with E-state index in [2.05, 4.69) is 0 Å². The fourth-order valence-electron chi connectivity index (χ4n) is 2.20. The molecule has 1 aliphatic heterocycles. The Morgan fingerprint density at radius 3 is 2.72 bits per heavy atom. The second-order valence-electron chi connectivity index (χ2n) is 4.86. The first-order valence-corrected chi connectivity index (χ1v) is 6.03. The number of amides is 1. The zero-order chi connectivity index (χ0) is 13.3. The number of nitrogen functional groups attached to an aromatic ring is 1. The smallest absolute Gasteiger partial charge is 0.254 e. The van der Waals surface area contributed by atoms with Gasteiger partial charge in [0.15, 0.2) is 0 Å². The molecule has 1 aromatic carbocycles.